The molecule has 0 fully saturated rings. The first-order valence-electron chi connectivity index (χ1n) is 7.24. The molecule has 0 saturated carbocycles. The van der Waals surface area contributed by atoms with Crippen molar-refractivity contribution < 1.29 is 18.7 Å². The van der Waals surface area contributed by atoms with E-state index in [0.717, 1.165) is 11.5 Å². The number of aromatic nitrogens is 2. The van der Waals surface area contributed by atoms with Crippen LogP contribution in [-0.4, -0.2) is 29.7 Å². The first-order chi connectivity index (χ1) is 12.1. The summed E-state index contributed by atoms with van der Waals surface area (Å²) in [6.07, 6.45) is 0. The van der Waals surface area contributed by atoms with E-state index in [-0.39, 0.29) is 11.7 Å². The van der Waals surface area contributed by atoms with Crippen LogP contribution in [0.1, 0.15) is 9.67 Å². The maximum Gasteiger partial charge on any atom is 0.269 e. The SMILES string of the molecule is COc1ccc(OC)c(NC(=O)c2snnc2-c2ccc(F)cc2)c1. The second-order valence-electron chi connectivity index (χ2n) is 4.98. The molecule has 25 heavy (non-hydrogen) atoms. The topological polar surface area (TPSA) is 73.3 Å². The van der Waals surface area contributed by atoms with Gasteiger partial charge in [0.15, 0.2) is 0 Å². The van der Waals surface area contributed by atoms with Gasteiger partial charge in [-0.15, -0.1) is 5.10 Å². The number of hydrogen-bond acceptors (Lipinski definition) is 6. The van der Waals surface area contributed by atoms with Crippen molar-refractivity contribution in [3.63, 3.8) is 0 Å². The highest BCUT2D eigenvalue weighted by Crippen LogP contribution is 2.31. The third-order valence-corrected chi connectivity index (χ3v) is 4.19. The molecule has 0 spiro atoms. The van der Waals surface area contributed by atoms with Gasteiger partial charge in [-0.1, -0.05) is 4.49 Å². The van der Waals surface area contributed by atoms with Gasteiger partial charge in [-0.3, -0.25) is 4.79 Å². The molecule has 0 aliphatic carbocycles. The number of carbonyl (C=O) groups is 1. The average Bonchev–Trinajstić information content (AvgIpc) is 3.12. The van der Waals surface area contributed by atoms with Crippen LogP contribution >= 0.6 is 11.5 Å². The Morgan fingerprint density at radius 2 is 1.88 bits per heavy atom. The van der Waals surface area contributed by atoms with Crippen molar-refractivity contribution in [2.75, 3.05) is 19.5 Å². The first-order valence-corrected chi connectivity index (χ1v) is 8.01. The Morgan fingerprint density at radius 3 is 2.56 bits per heavy atom. The van der Waals surface area contributed by atoms with Gasteiger partial charge in [-0.05, 0) is 47.9 Å². The third kappa shape index (κ3) is 3.58. The Hall–Kier alpha value is -3.00. The van der Waals surface area contributed by atoms with Gasteiger partial charge >= 0.3 is 0 Å². The van der Waals surface area contributed by atoms with E-state index in [9.17, 15) is 9.18 Å². The number of rotatable bonds is 5. The quantitative estimate of drug-likeness (QED) is 0.753. The number of carbonyl (C=O) groups excluding carboxylic acids is 1. The molecule has 0 bridgehead atoms. The van der Waals surface area contributed by atoms with Gasteiger partial charge in [-0.2, -0.15) is 0 Å². The molecule has 8 heteroatoms. The summed E-state index contributed by atoms with van der Waals surface area (Å²) in [7, 11) is 3.04. The zero-order valence-electron chi connectivity index (χ0n) is 13.4. The standard InChI is InChI=1S/C17H14FN3O3S/c1-23-12-7-8-14(24-2)13(9-12)19-17(22)16-15(20-21-25-16)10-3-5-11(18)6-4-10/h3-9H,1-2H3,(H,19,22). The fourth-order valence-corrected chi connectivity index (χ4v) is 2.81. The predicted octanol–water partition coefficient (Wildman–Crippen LogP) is 3.61. The highest BCUT2D eigenvalue weighted by atomic mass is 32.1. The summed E-state index contributed by atoms with van der Waals surface area (Å²) in [5.74, 6) is 0.326. The lowest BCUT2D eigenvalue weighted by Crippen LogP contribution is -2.12. The molecule has 0 unspecified atom stereocenters. The normalized spacial score (nSPS) is 10.4. The Morgan fingerprint density at radius 1 is 1.12 bits per heavy atom. The summed E-state index contributed by atoms with van der Waals surface area (Å²) in [5.41, 5.74) is 1.47. The van der Waals surface area contributed by atoms with Crippen molar-refractivity contribution >= 4 is 23.1 Å². The van der Waals surface area contributed by atoms with E-state index in [0.29, 0.717) is 33.3 Å². The van der Waals surface area contributed by atoms with Gasteiger partial charge in [0.2, 0.25) is 0 Å². The van der Waals surface area contributed by atoms with Crippen LogP contribution in [-0.2, 0) is 0 Å². The first kappa shape index (κ1) is 16.8. The molecule has 0 aliphatic rings. The monoisotopic (exact) mass is 359 g/mol. The molecule has 1 N–H and O–H groups in total. The van der Waals surface area contributed by atoms with E-state index in [1.165, 1.54) is 26.4 Å². The zero-order valence-corrected chi connectivity index (χ0v) is 14.3. The summed E-state index contributed by atoms with van der Waals surface area (Å²) >= 11 is 0.960. The minimum Gasteiger partial charge on any atom is -0.497 e. The largest absolute Gasteiger partial charge is 0.497 e. The maximum absolute atomic E-state index is 13.1. The van der Waals surface area contributed by atoms with Crippen LogP contribution in [0.3, 0.4) is 0 Å². The van der Waals surface area contributed by atoms with E-state index in [2.05, 4.69) is 14.9 Å². The molecule has 3 aromatic rings. The molecule has 1 amide bonds. The van der Waals surface area contributed by atoms with Crippen LogP contribution in [0, 0.1) is 5.82 Å². The molecule has 0 saturated heterocycles. The second-order valence-corrected chi connectivity index (χ2v) is 5.73. The van der Waals surface area contributed by atoms with Crippen LogP contribution in [0.4, 0.5) is 10.1 Å². The third-order valence-electron chi connectivity index (χ3n) is 3.47. The van der Waals surface area contributed by atoms with Crippen LogP contribution in [0.25, 0.3) is 11.3 Å². The lowest BCUT2D eigenvalue weighted by atomic mass is 10.1. The minimum absolute atomic E-state index is 0.316. The van der Waals surface area contributed by atoms with Crippen LogP contribution < -0.4 is 14.8 Å². The van der Waals surface area contributed by atoms with Gasteiger partial charge in [0.25, 0.3) is 5.91 Å². The van der Waals surface area contributed by atoms with Gasteiger partial charge < -0.3 is 14.8 Å². The van der Waals surface area contributed by atoms with E-state index in [1.54, 1.807) is 30.3 Å². The Bertz CT molecular complexity index is 896. The number of anilines is 1. The van der Waals surface area contributed by atoms with Crippen LogP contribution in [0.5, 0.6) is 11.5 Å². The molecule has 1 aromatic heterocycles. The number of nitrogens with one attached hydrogen (secondary N) is 1. The number of methoxy groups -OCH3 is 2. The van der Waals surface area contributed by atoms with Gasteiger partial charge in [0.1, 0.15) is 27.9 Å². The van der Waals surface area contributed by atoms with Crippen LogP contribution in [0.2, 0.25) is 0 Å². The molecular formula is C17H14FN3O3S. The Labute approximate surface area is 147 Å². The van der Waals surface area contributed by atoms with Crippen molar-refractivity contribution in [3.05, 3.63) is 53.2 Å². The van der Waals surface area contributed by atoms with Crippen molar-refractivity contribution in [2.45, 2.75) is 0 Å². The number of halogens is 1. The summed E-state index contributed by atoms with van der Waals surface area (Å²) in [5, 5.41) is 6.76. The molecule has 0 atom stereocenters. The van der Waals surface area contributed by atoms with Crippen LogP contribution in [0.15, 0.2) is 42.5 Å². The highest BCUT2D eigenvalue weighted by Gasteiger charge is 2.19. The summed E-state index contributed by atoms with van der Waals surface area (Å²) < 4.78 is 27.4. The zero-order chi connectivity index (χ0) is 17.8. The lowest BCUT2D eigenvalue weighted by molar-refractivity contribution is 0.103. The van der Waals surface area contributed by atoms with E-state index in [1.807, 2.05) is 0 Å². The summed E-state index contributed by atoms with van der Waals surface area (Å²) in [6, 6.07) is 10.8. The highest BCUT2D eigenvalue weighted by molar-refractivity contribution is 7.08. The molecule has 6 nitrogen and oxygen atoms in total. The summed E-state index contributed by atoms with van der Waals surface area (Å²) in [4.78, 5) is 13.0. The molecule has 0 aliphatic heterocycles. The van der Waals surface area contributed by atoms with Gasteiger partial charge in [0, 0.05) is 11.6 Å². The second kappa shape index (κ2) is 7.27. The molecule has 128 valence electrons. The minimum atomic E-state index is -0.388. The van der Waals surface area contributed by atoms with Crippen molar-refractivity contribution in [1.29, 1.82) is 0 Å². The molecule has 1 heterocycles. The number of nitrogens with zero attached hydrogens (tertiary/aromatic N) is 2. The van der Waals surface area contributed by atoms with Gasteiger partial charge in [0.05, 0.1) is 19.9 Å². The lowest BCUT2D eigenvalue weighted by Gasteiger charge is -2.11. The maximum atomic E-state index is 13.1. The Balaban J connectivity index is 1.90. The summed E-state index contributed by atoms with van der Waals surface area (Å²) in [6.45, 7) is 0. The number of ether oxygens (including phenoxy) is 2. The fraction of sp³-hybridized carbons (Fsp3) is 0.118. The smallest absolute Gasteiger partial charge is 0.269 e. The van der Waals surface area contributed by atoms with Crippen molar-refractivity contribution in [1.82, 2.24) is 9.59 Å². The van der Waals surface area contributed by atoms with Gasteiger partial charge in [-0.25, -0.2) is 4.39 Å². The molecule has 0 radical (unpaired) electrons. The Kier molecular flexibility index (Phi) is 4.90. The fourth-order valence-electron chi connectivity index (χ4n) is 2.23. The number of amides is 1. The van der Waals surface area contributed by atoms with Crippen molar-refractivity contribution in [3.8, 4) is 22.8 Å². The van der Waals surface area contributed by atoms with Crippen molar-refractivity contribution in [2.24, 2.45) is 0 Å². The van der Waals surface area contributed by atoms with E-state index in [4.69, 9.17) is 9.47 Å². The number of benzene rings is 2. The molecular weight excluding hydrogens is 345 g/mol. The van der Waals surface area contributed by atoms with E-state index >= 15 is 0 Å². The molecule has 2 aromatic carbocycles. The van der Waals surface area contributed by atoms with E-state index < -0.39 is 0 Å². The predicted molar refractivity (Wildman–Crippen MR) is 92.8 cm³/mol. The average molecular weight is 359 g/mol. The number of hydrogen-bond donors (Lipinski definition) is 1. The molecule has 3 rings (SSSR count).